The highest BCUT2D eigenvalue weighted by Crippen LogP contribution is 2.67. The third-order valence-corrected chi connectivity index (χ3v) is 14.5. The van der Waals surface area contributed by atoms with Gasteiger partial charge in [0, 0.05) is 37.5 Å². The number of fused-ring (bicyclic) bond motifs is 12. The van der Waals surface area contributed by atoms with Crippen molar-refractivity contribution in [2.24, 2.45) is 0 Å². The van der Waals surface area contributed by atoms with Crippen LogP contribution in [0.4, 0.5) is 17.1 Å². The molecule has 2 aliphatic carbocycles. The number of anilines is 3. The molecule has 0 saturated carbocycles. The topological polar surface area (TPSA) is 29.0 Å². The lowest BCUT2D eigenvalue weighted by Crippen LogP contribution is -2.36. The first kappa shape index (κ1) is 32.8. The molecule has 0 amide bonds. The second-order valence-electron chi connectivity index (χ2n) is 15.8. The third kappa shape index (κ3) is 4.52. The zero-order valence-electron chi connectivity index (χ0n) is 31.4. The number of benzene rings is 6. The minimum Gasteiger partial charge on any atom is -0.310 e. The molecule has 0 fully saturated rings. The third-order valence-electron chi connectivity index (χ3n) is 12.5. The van der Waals surface area contributed by atoms with E-state index in [9.17, 15) is 0 Å². The summed E-state index contributed by atoms with van der Waals surface area (Å²) < 4.78 is 0. The van der Waals surface area contributed by atoms with Gasteiger partial charge >= 0.3 is 0 Å². The van der Waals surface area contributed by atoms with Crippen molar-refractivity contribution in [2.45, 2.75) is 24.7 Å². The maximum Gasteiger partial charge on any atom is 0.160 e. The number of hydrogen-bond donors (Lipinski definition) is 0. The van der Waals surface area contributed by atoms with Gasteiger partial charge in [0.2, 0.25) is 0 Å². The molecule has 0 radical (unpaired) electrons. The number of hydrogen-bond acceptors (Lipinski definition) is 5. The maximum absolute atomic E-state index is 5.23. The van der Waals surface area contributed by atoms with E-state index in [2.05, 4.69) is 169 Å². The van der Waals surface area contributed by atoms with Crippen LogP contribution in [0.25, 0.3) is 54.8 Å². The molecule has 12 rings (SSSR count). The van der Waals surface area contributed by atoms with Gasteiger partial charge in [-0.1, -0.05) is 129 Å². The molecule has 0 bridgehead atoms. The van der Waals surface area contributed by atoms with Crippen molar-refractivity contribution in [2.75, 3.05) is 4.90 Å². The van der Waals surface area contributed by atoms with E-state index in [1.807, 2.05) is 46.9 Å². The monoisotopic (exact) mass is 765 g/mol. The summed E-state index contributed by atoms with van der Waals surface area (Å²) in [5.41, 5.74) is 18.7. The zero-order chi connectivity index (χ0) is 37.9. The summed E-state index contributed by atoms with van der Waals surface area (Å²) in [7, 11) is 0. The fourth-order valence-corrected chi connectivity index (χ4v) is 12.0. The van der Waals surface area contributed by atoms with Crippen LogP contribution in [0.15, 0.2) is 175 Å². The minimum absolute atomic E-state index is 0.155. The highest BCUT2D eigenvalue weighted by Gasteiger charge is 2.54. The zero-order valence-corrected chi connectivity index (χ0v) is 33.0. The van der Waals surface area contributed by atoms with Crippen molar-refractivity contribution < 1.29 is 0 Å². The first-order valence-electron chi connectivity index (χ1n) is 19.5. The first-order chi connectivity index (χ1) is 28.0. The Kier molecular flexibility index (Phi) is 6.94. The largest absolute Gasteiger partial charge is 0.310 e. The van der Waals surface area contributed by atoms with Crippen LogP contribution in [0.2, 0.25) is 0 Å². The molecule has 1 aliphatic heterocycles. The van der Waals surface area contributed by atoms with Crippen molar-refractivity contribution in [1.82, 2.24) is 9.97 Å². The summed E-state index contributed by atoms with van der Waals surface area (Å²) in [5.74, 6) is 0.713. The van der Waals surface area contributed by atoms with Crippen molar-refractivity contribution >= 4 is 39.7 Å². The molecule has 3 aliphatic rings. The number of nitrogens with zero attached hydrogens (tertiary/aromatic N) is 3. The quantitative estimate of drug-likeness (QED) is 0.179. The van der Waals surface area contributed by atoms with Gasteiger partial charge in [-0.3, -0.25) is 0 Å². The molecule has 3 aromatic heterocycles. The molecule has 9 aromatic rings. The second kappa shape index (κ2) is 12.1. The van der Waals surface area contributed by atoms with Gasteiger partial charge in [0.1, 0.15) is 0 Å². The predicted octanol–water partition coefficient (Wildman–Crippen LogP) is 14.1. The van der Waals surface area contributed by atoms with Gasteiger partial charge in [-0.05, 0) is 104 Å². The summed E-state index contributed by atoms with van der Waals surface area (Å²) in [6.07, 6.45) is 0. The molecule has 0 N–H and O–H groups in total. The Balaban J connectivity index is 1.12. The molecule has 4 heterocycles. The van der Waals surface area contributed by atoms with E-state index in [1.54, 1.807) is 0 Å². The Morgan fingerprint density at radius 3 is 1.79 bits per heavy atom. The van der Waals surface area contributed by atoms with E-state index in [1.165, 1.54) is 65.6 Å². The number of aromatic nitrogens is 2. The molecule has 1 spiro atoms. The second-order valence-corrected chi connectivity index (χ2v) is 17.6. The van der Waals surface area contributed by atoms with E-state index >= 15 is 0 Å². The van der Waals surface area contributed by atoms with E-state index in [0.717, 1.165) is 33.8 Å². The Labute approximate surface area is 340 Å². The van der Waals surface area contributed by atoms with Crippen LogP contribution in [0, 0.1) is 0 Å². The average Bonchev–Trinajstić information content (AvgIpc) is 4.04. The van der Waals surface area contributed by atoms with Crippen LogP contribution in [-0.2, 0) is 10.8 Å². The van der Waals surface area contributed by atoms with Gasteiger partial charge < -0.3 is 4.90 Å². The molecule has 6 aromatic carbocycles. The lowest BCUT2D eigenvalue weighted by Gasteiger charge is -2.45. The summed E-state index contributed by atoms with van der Waals surface area (Å²) in [6, 6.07) is 59.8. The normalized spacial score (nSPS) is 14.7. The minimum atomic E-state index is -0.441. The van der Waals surface area contributed by atoms with Crippen LogP contribution in [0.5, 0.6) is 0 Å². The predicted molar refractivity (Wildman–Crippen MR) is 237 cm³/mol. The van der Waals surface area contributed by atoms with Crippen LogP contribution in [-0.4, -0.2) is 9.97 Å². The van der Waals surface area contributed by atoms with Gasteiger partial charge in [0.15, 0.2) is 5.82 Å². The molecule has 3 nitrogen and oxygen atoms in total. The molecule has 270 valence electrons. The van der Waals surface area contributed by atoms with Gasteiger partial charge in [-0.2, -0.15) is 0 Å². The molecular formula is C52H35N3S2. The van der Waals surface area contributed by atoms with Crippen molar-refractivity contribution in [1.29, 1.82) is 0 Å². The maximum atomic E-state index is 5.23. The van der Waals surface area contributed by atoms with Crippen molar-refractivity contribution in [3.8, 4) is 54.8 Å². The van der Waals surface area contributed by atoms with E-state index < -0.39 is 5.41 Å². The van der Waals surface area contributed by atoms with E-state index in [4.69, 9.17) is 9.97 Å². The van der Waals surface area contributed by atoms with Crippen LogP contribution < -0.4 is 4.90 Å². The summed E-state index contributed by atoms with van der Waals surface area (Å²) >= 11 is 3.74. The van der Waals surface area contributed by atoms with Crippen LogP contribution in [0.1, 0.15) is 47.2 Å². The molecule has 0 atom stereocenters. The Hall–Kier alpha value is -6.40. The number of para-hydroxylation sites is 1. The molecule has 5 heteroatoms. The number of rotatable bonds is 4. The van der Waals surface area contributed by atoms with Gasteiger partial charge in [0.25, 0.3) is 0 Å². The van der Waals surface area contributed by atoms with Crippen molar-refractivity contribution in [3.63, 3.8) is 0 Å². The van der Waals surface area contributed by atoms with Crippen molar-refractivity contribution in [3.05, 3.63) is 208 Å². The van der Waals surface area contributed by atoms with E-state index in [-0.39, 0.29) is 5.41 Å². The standard InChI is InChI=1S/C52H35N3S2/c1-51(2)38-21-10-9-20-36(38)37-29-43-47(30-42(37)51)55(46-23-12-11-22-39(46)52(43)40-24-26-56-48(40)49-41(52)25-27-57-49)35-19-13-18-34(28-35)45-31-44(32-14-5-3-6-15-32)53-50(54-45)33-16-7-4-8-17-33/h3-31H,1-2H3. The van der Waals surface area contributed by atoms with Crippen LogP contribution >= 0.6 is 22.7 Å². The van der Waals surface area contributed by atoms with Gasteiger partial charge in [-0.25, -0.2) is 9.97 Å². The fraction of sp³-hybridized carbons (Fsp3) is 0.0769. The highest BCUT2D eigenvalue weighted by molar-refractivity contribution is 7.21. The molecular weight excluding hydrogens is 731 g/mol. The molecule has 0 saturated heterocycles. The fourth-order valence-electron chi connectivity index (χ4n) is 9.92. The smallest absolute Gasteiger partial charge is 0.160 e. The van der Waals surface area contributed by atoms with E-state index in [0.29, 0.717) is 5.82 Å². The summed E-state index contributed by atoms with van der Waals surface area (Å²) in [6.45, 7) is 4.77. The summed E-state index contributed by atoms with van der Waals surface area (Å²) in [5, 5.41) is 4.57. The number of thiophene rings is 2. The van der Waals surface area contributed by atoms with Gasteiger partial charge in [0.05, 0.1) is 28.2 Å². The Morgan fingerprint density at radius 2 is 1.05 bits per heavy atom. The van der Waals surface area contributed by atoms with Gasteiger partial charge in [-0.15, -0.1) is 22.7 Å². The summed E-state index contributed by atoms with van der Waals surface area (Å²) in [4.78, 5) is 15.6. The SMILES string of the molecule is CC1(C)c2ccccc2-c2cc3c(cc21)N(c1cccc(-c2cc(-c4ccccc4)nc(-c4ccccc4)n2)c1)c1ccccc1C31c2ccsc2-c2sccc21. The van der Waals surface area contributed by atoms with Crippen LogP contribution in [0.3, 0.4) is 0 Å². The average molecular weight is 766 g/mol. The Bertz CT molecular complexity index is 2970. The first-order valence-corrected chi connectivity index (χ1v) is 21.2. The Morgan fingerprint density at radius 1 is 0.439 bits per heavy atom. The molecule has 57 heavy (non-hydrogen) atoms. The lowest BCUT2D eigenvalue weighted by atomic mass is 9.64. The lowest BCUT2D eigenvalue weighted by molar-refractivity contribution is 0.658. The molecule has 0 unspecified atom stereocenters. The highest BCUT2D eigenvalue weighted by atomic mass is 32.1.